The van der Waals surface area contributed by atoms with Crippen LogP contribution in [-0.2, 0) is 9.59 Å². The van der Waals surface area contributed by atoms with E-state index in [1.165, 1.54) is 19.9 Å². The maximum absolute atomic E-state index is 11.5. The molecule has 0 saturated carbocycles. The van der Waals surface area contributed by atoms with Gasteiger partial charge in [-0.1, -0.05) is 6.07 Å². The van der Waals surface area contributed by atoms with Gasteiger partial charge in [0.05, 0.1) is 11.1 Å². The third-order valence-electron chi connectivity index (χ3n) is 2.64. The summed E-state index contributed by atoms with van der Waals surface area (Å²) < 4.78 is 1.65. The Balaban J connectivity index is 2.75. The first-order chi connectivity index (χ1) is 8.56. The average Bonchev–Trinajstić information content (AvgIpc) is 2.67. The van der Waals surface area contributed by atoms with Crippen LogP contribution in [0, 0.1) is 11.3 Å². The lowest BCUT2D eigenvalue weighted by molar-refractivity contribution is -0.124. The van der Waals surface area contributed by atoms with Crippen LogP contribution in [0.5, 0.6) is 0 Å². The number of hydrogen-bond acceptors (Lipinski definition) is 3. The van der Waals surface area contributed by atoms with Gasteiger partial charge in [-0.05, 0) is 12.1 Å². The molecule has 2 heterocycles. The van der Waals surface area contributed by atoms with Crippen molar-refractivity contribution in [2.75, 3.05) is 4.90 Å². The number of nitriles is 1. The normalized spacial score (nSPS) is 10.1. The van der Waals surface area contributed by atoms with Gasteiger partial charge in [-0.2, -0.15) is 5.26 Å². The van der Waals surface area contributed by atoms with Crippen LogP contribution in [0.1, 0.15) is 19.4 Å². The van der Waals surface area contributed by atoms with Crippen molar-refractivity contribution in [3.05, 3.63) is 36.0 Å². The zero-order valence-electron chi connectivity index (χ0n) is 10.0. The number of carbonyl (C=O) groups excluding carboxylic acids is 2. The van der Waals surface area contributed by atoms with Gasteiger partial charge in [0, 0.05) is 26.1 Å². The summed E-state index contributed by atoms with van der Waals surface area (Å²) in [5.74, 6) is -0.368. The molecule has 0 saturated heterocycles. The average molecular weight is 241 g/mol. The SMILES string of the molecule is CC(=O)N(C(C)=O)c1cc(C#N)c2ccccn12. The standard InChI is InChI=1S/C13H11N3O2/c1-9(17)16(10(2)18)13-7-11(8-14)12-5-3-4-6-15(12)13/h3-7H,1-2H3. The van der Waals surface area contributed by atoms with Gasteiger partial charge >= 0.3 is 0 Å². The van der Waals surface area contributed by atoms with E-state index in [4.69, 9.17) is 5.26 Å². The second-order valence-corrected chi connectivity index (χ2v) is 3.86. The van der Waals surface area contributed by atoms with Crippen molar-refractivity contribution >= 4 is 23.1 Å². The number of rotatable bonds is 1. The highest BCUT2D eigenvalue weighted by atomic mass is 16.2. The monoisotopic (exact) mass is 241 g/mol. The Bertz CT molecular complexity index is 665. The highest BCUT2D eigenvalue weighted by Gasteiger charge is 2.21. The number of amides is 2. The van der Waals surface area contributed by atoms with E-state index < -0.39 is 0 Å². The molecule has 0 aromatic carbocycles. The van der Waals surface area contributed by atoms with Crippen LogP contribution >= 0.6 is 0 Å². The van der Waals surface area contributed by atoms with Crippen molar-refractivity contribution in [2.45, 2.75) is 13.8 Å². The van der Waals surface area contributed by atoms with E-state index >= 15 is 0 Å². The molecule has 0 N–H and O–H groups in total. The zero-order valence-corrected chi connectivity index (χ0v) is 10.0. The van der Waals surface area contributed by atoms with Gasteiger partial charge in [-0.25, -0.2) is 4.90 Å². The fourth-order valence-corrected chi connectivity index (χ4v) is 1.94. The predicted octanol–water partition coefficient (Wildman–Crippen LogP) is 1.71. The lowest BCUT2D eigenvalue weighted by Gasteiger charge is -2.16. The highest BCUT2D eigenvalue weighted by Crippen LogP contribution is 2.24. The lowest BCUT2D eigenvalue weighted by atomic mass is 10.3. The number of hydrogen-bond donors (Lipinski definition) is 0. The molecule has 2 aromatic rings. The molecule has 0 radical (unpaired) electrons. The molecule has 2 rings (SSSR count). The molecule has 0 spiro atoms. The summed E-state index contributed by atoms with van der Waals surface area (Å²) in [7, 11) is 0. The minimum atomic E-state index is -0.379. The molecular weight excluding hydrogens is 230 g/mol. The largest absolute Gasteiger partial charge is 0.301 e. The van der Waals surface area contributed by atoms with Crippen molar-refractivity contribution in [1.82, 2.24) is 4.40 Å². The second-order valence-electron chi connectivity index (χ2n) is 3.86. The Labute approximate surface area is 104 Å². The summed E-state index contributed by atoms with van der Waals surface area (Å²) in [6.07, 6.45) is 1.71. The molecule has 0 aliphatic carbocycles. The smallest absolute Gasteiger partial charge is 0.231 e. The molecule has 2 aromatic heterocycles. The first-order valence-electron chi connectivity index (χ1n) is 5.37. The van der Waals surface area contributed by atoms with Crippen molar-refractivity contribution in [3.8, 4) is 6.07 Å². The van der Waals surface area contributed by atoms with Crippen LogP contribution in [0.25, 0.3) is 5.52 Å². The number of fused-ring (bicyclic) bond motifs is 1. The van der Waals surface area contributed by atoms with Crippen molar-refractivity contribution < 1.29 is 9.59 Å². The first-order valence-corrected chi connectivity index (χ1v) is 5.37. The van der Waals surface area contributed by atoms with Crippen molar-refractivity contribution in [1.29, 1.82) is 5.26 Å². The minimum absolute atomic E-state index is 0.379. The van der Waals surface area contributed by atoms with Crippen LogP contribution in [0.4, 0.5) is 5.82 Å². The Hall–Kier alpha value is -2.61. The number of nitrogens with zero attached hydrogens (tertiary/aromatic N) is 3. The molecule has 0 fully saturated rings. The van der Waals surface area contributed by atoms with E-state index in [2.05, 4.69) is 6.07 Å². The first kappa shape index (κ1) is 11.9. The predicted molar refractivity (Wildman–Crippen MR) is 66.0 cm³/mol. The maximum atomic E-state index is 11.5. The van der Waals surface area contributed by atoms with Crippen molar-refractivity contribution in [3.63, 3.8) is 0 Å². The van der Waals surface area contributed by atoms with E-state index in [1.807, 2.05) is 0 Å². The number of carbonyl (C=O) groups is 2. The van der Waals surface area contributed by atoms with Crippen molar-refractivity contribution in [2.24, 2.45) is 0 Å². The molecule has 0 aliphatic heterocycles. The minimum Gasteiger partial charge on any atom is -0.301 e. The maximum Gasteiger partial charge on any atom is 0.231 e. The third-order valence-corrected chi connectivity index (χ3v) is 2.64. The molecule has 0 bridgehead atoms. The number of pyridine rings is 1. The summed E-state index contributed by atoms with van der Waals surface area (Å²) in [6, 6.07) is 8.93. The van der Waals surface area contributed by atoms with Crippen LogP contribution in [0.15, 0.2) is 30.5 Å². The molecule has 0 atom stereocenters. The highest BCUT2D eigenvalue weighted by molar-refractivity contribution is 6.13. The van der Waals surface area contributed by atoms with E-state index in [0.717, 1.165) is 4.90 Å². The molecule has 0 aliphatic rings. The molecular formula is C13H11N3O2. The molecule has 5 heteroatoms. The van der Waals surface area contributed by atoms with Gasteiger partial charge in [-0.3, -0.25) is 9.59 Å². The van der Waals surface area contributed by atoms with Gasteiger partial charge in [-0.15, -0.1) is 0 Å². The molecule has 2 amide bonds. The lowest BCUT2D eigenvalue weighted by Crippen LogP contribution is -2.33. The Morgan fingerprint density at radius 3 is 2.50 bits per heavy atom. The van der Waals surface area contributed by atoms with E-state index in [9.17, 15) is 9.59 Å². The topological polar surface area (TPSA) is 65.6 Å². The number of aromatic nitrogens is 1. The van der Waals surface area contributed by atoms with Gasteiger partial charge in [0.25, 0.3) is 0 Å². The Morgan fingerprint density at radius 1 is 1.28 bits per heavy atom. The van der Waals surface area contributed by atoms with Gasteiger partial charge < -0.3 is 4.40 Å². The van der Waals surface area contributed by atoms with Crippen LogP contribution in [-0.4, -0.2) is 16.2 Å². The van der Waals surface area contributed by atoms with Crippen LogP contribution in [0.3, 0.4) is 0 Å². The van der Waals surface area contributed by atoms with Gasteiger partial charge in [0.2, 0.25) is 11.8 Å². The number of imide groups is 1. The van der Waals surface area contributed by atoms with Crippen LogP contribution < -0.4 is 4.90 Å². The molecule has 5 nitrogen and oxygen atoms in total. The molecule has 18 heavy (non-hydrogen) atoms. The molecule has 0 unspecified atom stereocenters. The van der Waals surface area contributed by atoms with E-state index in [0.29, 0.717) is 16.9 Å². The molecule has 90 valence electrons. The quantitative estimate of drug-likeness (QED) is 0.763. The number of anilines is 1. The van der Waals surface area contributed by atoms with Crippen LogP contribution in [0.2, 0.25) is 0 Å². The zero-order chi connectivity index (χ0) is 13.3. The third kappa shape index (κ3) is 1.74. The van der Waals surface area contributed by atoms with E-state index in [1.54, 1.807) is 28.8 Å². The Morgan fingerprint density at radius 2 is 1.94 bits per heavy atom. The summed E-state index contributed by atoms with van der Waals surface area (Å²) >= 11 is 0. The van der Waals surface area contributed by atoms with E-state index in [-0.39, 0.29) is 11.8 Å². The fraction of sp³-hybridized carbons (Fsp3) is 0.154. The van der Waals surface area contributed by atoms with Gasteiger partial charge in [0.1, 0.15) is 11.9 Å². The van der Waals surface area contributed by atoms with Gasteiger partial charge in [0.15, 0.2) is 0 Å². The summed E-state index contributed by atoms with van der Waals surface area (Å²) in [4.78, 5) is 24.1. The fourth-order valence-electron chi connectivity index (χ4n) is 1.94. The second kappa shape index (κ2) is 4.34. The summed E-state index contributed by atoms with van der Waals surface area (Å²) in [6.45, 7) is 2.63. The Kier molecular flexibility index (Phi) is 2.86. The summed E-state index contributed by atoms with van der Waals surface area (Å²) in [5.41, 5.74) is 1.10. The summed E-state index contributed by atoms with van der Waals surface area (Å²) in [5, 5.41) is 9.06.